The first-order valence-electron chi connectivity index (χ1n) is 6.79. The first-order chi connectivity index (χ1) is 9.11. The second-order valence-electron chi connectivity index (χ2n) is 4.66. The Morgan fingerprint density at radius 2 is 2.05 bits per heavy atom. The van der Waals surface area contributed by atoms with E-state index in [2.05, 4.69) is 12.2 Å². The number of halogens is 1. The lowest BCUT2D eigenvalue weighted by Crippen LogP contribution is -2.32. The molecule has 0 saturated heterocycles. The summed E-state index contributed by atoms with van der Waals surface area (Å²) >= 11 is 5.78. The van der Waals surface area contributed by atoms with Crippen LogP contribution in [0.5, 0.6) is 5.75 Å². The molecule has 1 atom stereocenters. The zero-order valence-corrected chi connectivity index (χ0v) is 12.4. The minimum Gasteiger partial charge on any atom is -0.494 e. The van der Waals surface area contributed by atoms with Crippen LogP contribution in [0.15, 0.2) is 24.3 Å². The van der Waals surface area contributed by atoms with Gasteiger partial charge in [-0.3, -0.25) is 4.79 Å². The normalized spacial score (nSPS) is 11.9. The number of hydrogen-bond donors (Lipinski definition) is 1. The van der Waals surface area contributed by atoms with Crippen LogP contribution in [-0.2, 0) is 4.79 Å². The average Bonchev–Trinajstić information content (AvgIpc) is 2.37. The highest BCUT2D eigenvalue weighted by Gasteiger charge is 2.06. The predicted octanol–water partition coefficient (Wildman–Crippen LogP) is 3.80. The summed E-state index contributed by atoms with van der Waals surface area (Å²) in [5, 5.41) is 3.67. The van der Waals surface area contributed by atoms with Gasteiger partial charge in [0, 0.05) is 17.5 Å². The zero-order chi connectivity index (χ0) is 14.1. The van der Waals surface area contributed by atoms with Gasteiger partial charge in [0.15, 0.2) is 0 Å². The molecule has 1 rings (SSSR count). The van der Waals surface area contributed by atoms with Crippen LogP contribution in [0.2, 0.25) is 5.02 Å². The minimum atomic E-state index is 0.0978. The SMILES string of the molecule is CCC[C@@H](C)NC(=O)CCCOc1ccc(Cl)cc1. The van der Waals surface area contributed by atoms with Gasteiger partial charge in [-0.2, -0.15) is 0 Å². The molecule has 19 heavy (non-hydrogen) atoms. The molecule has 0 aliphatic heterocycles. The summed E-state index contributed by atoms with van der Waals surface area (Å²) in [5.74, 6) is 0.879. The van der Waals surface area contributed by atoms with E-state index >= 15 is 0 Å². The third-order valence-corrected chi connectivity index (χ3v) is 3.01. The van der Waals surface area contributed by atoms with Crippen LogP contribution >= 0.6 is 11.6 Å². The maximum absolute atomic E-state index is 11.6. The summed E-state index contributed by atoms with van der Waals surface area (Å²) < 4.78 is 5.53. The van der Waals surface area contributed by atoms with Gasteiger partial charge in [-0.15, -0.1) is 0 Å². The molecule has 0 unspecified atom stereocenters. The third-order valence-electron chi connectivity index (χ3n) is 2.76. The molecule has 4 heteroatoms. The molecular formula is C15H22ClNO2. The van der Waals surface area contributed by atoms with Crippen LogP contribution < -0.4 is 10.1 Å². The highest BCUT2D eigenvalue weighted by molar-refractivity contribution is 6.30. The van der Waals surface area contributed by atoms with Gasteiger partial charge in [0.05, 0.1) is 6.61 Å². The fourth-order valence-electron chi connectivity index (χ4n) is 1.81. The number of hydrogen-bond acceptors (Lipinski definition) is 2. The van der Waals surface area contributed by atoms with Gasteiger partial charge >= 0.3 is 0 Å². The van der Waals surface area contributed by atoms with Gasteiger partial charge < -0.3 is 10.1 Å². The number of carbonyl (C=O) groups excluding carboxylic acids is 1. The number of amides is 1. The Kier molecular flexibility index (Phi) is 7.34. The van der Waals surface area contributed by atoms with Crippen LogP contribution in [0.25, 0.3) is 0 Å². The van der Waals surface area contributed by atoms with Crippen molar-refractivity contribution in [2.24, 2.45) is 0 Å². The first kappa shape index (κ1) is 15.8. The topological polar surface area (TPSA) is 38.3 Å². The van der Waals surface area contributed by atoms with E-state index in [1.165, 1.54) is 0 Å². The molecule has 0 radical (unpaired) electrons. The molecule has 0 spiro atoms. The van der Waals surface area contributed by atoms with Crippen molar-refractivity contribution in [3.05, 3.63) is 29.3 Å². The number of benzene rings is 1. The molecule has 0 aromatic heterocycles. The van der Waals surface area contributed by atoms with E-state index in [9.17, 15) is 4.79 Å². The Balaban J connectivity index is 2.13. The molecule has 1 aromatic carbocycles. The van der Waals surface area contributed by atoms with Gasteiger partial charge in [-0.25, -0.2) is 0 Å². The van der Waals surface area contributed by atoms with Crippen molar-refractivity contribution in [2.75, 3.05) is 6.61 Å². The second-order valence-corrected chi connectivity index (χ2v) is 5.10. The Bertz CT molecular complexity index is 378. The molecule has 0 bridgehead atoms. The largest absolute Gasteiger partial charge is 0.494 e. The molecular weight excluding hydrogens is 262 g/mol. The van der Waals surface area contributed by atoms with Crippen molar-refractivity contribution in [3.8, 4) is 5.75 Å². The molecule has 0 aliphatic rings. The van der Waals surface area contributed by atoms with Crippen LogP contribution in [0.4, 0.5) is 0 Å². The van der Waals surface area contributed by atoms with Gasteiger partial charge in [0.25, 0.3) is 0 Å². The number of nitrogens with one attached hydrogen (secondary N) is 1. The molecule has 1 N–H and O–H groups in total. The summed E-state index contributed by atoms with van der Waals surface area (Å²) in [7, 11) is 0. The lowest BCUT2D eigenvalue weighted by atomic mass is 10.2. The van der Waals surface area contributed by atoms with Gasteiger partial charge in [-0.05, 0) is 44.0 Å². The lowest BCUT2D eigenvalue weighted by molar-refractivity contribution is -0.121. The van der Waals surface area contributed by atoms with Crippen LogP contribution in [-0.4, -0.2) is 18.6 Å². The third kappa shape index (κ3) is 7.06. The quantitative estimate of drug-likeness (QED) is 0.737. The van der Waals surface area contributed by atoms with Crippen molar-refractivity contribution in [1.29, 1.82) is 0 Å². The number of ether oxygens (including phenoxy) is 1. The number of rotatable bonds is 8. The smallest absolute Gasteiger partial charge is 0.220 e. The van der Waals surface area contributed by atoms with E-state index < -0.39 is 0 Å². The molecule has 0 saturated carbocycles. The van der Waals surface area contributed by atoms with E-state index in [-0.39, 0.29) is 11.9 Å². The molecule has 3 nitrogen and oxygen atoms in total. The van der Waals surface area contributed by atoms with Crippen LogP contribution in [0.3, 0.4) is 0 Å². The van der Waals surface area contributed by atoms with E-state index in [0.717, 1.165) is 18.6 Å². The maximum Gasteiger partial charge on any atom is 0.220 e. The summed E-state index contributed by atoms with van der Waals surface area (Å²) in [4.78, 5) is 11.6. The molecule has 1 amide bonds. The van der Waals surface area contributed by atoms with Gasteiger partial charge in [0.1, 0.15) is 5.75 Å². The minimum absolute atomic E-state index is 0.0978. The Hall–Kier alpha value is -1.22. The molecule has 0 aliphatic carbocycles. The van der Waals surface area contributed by atoms with E-state index in [1.807, 2.05) is 19.1 Å². The summed E-state index contributed by atoms with van der Waals surface area (Å²) in [5.41, 5.74) is 0. The maximum atomic E-state index is 11.6. The predicted molar refractivity (Wildman–Crippen MR) is 78.7 cm³/mol. The lowest BCUT2D eigenvalue weighted by Gasteiger charge is -2.12. The van der Waals surface area contributed by atoms with E-state index in [1.54, 1.807) is 12.1 Å². The van der Waals surface area contributed by atoms with Crippen molar-refractivity contribution in [2.45, 2.75) is 45.6 Å². The first-order valence-corrected chi connectivity index (χ1v) is 7.17. The highest BCUT2D eigenvalue weighted by Crippen LogP contribution is 2.15. The second kappa shape index (κ2) is 8.81. The van der Waals surface area contributed by atoms with Crippen LogP contribution in [0.1, 0.15) is 39.5 Å². The Labute approximate surface area is 120 Å². The zero-order valence-electron chi connectivity index (χ0n) is 11.6. The fraction of sp³-hybridized carbons (Fsp3) is 0.533. The fourth-order valence-corrected chi connectivity index (χ4v) is 1.93. The van der Waals surface area contributed by atoms with E-state index in [4.69, 9.17) is 16.3 Å². The molecule has 106 valence electrons. The summed E-state index contributed by atoms with van der Waals surface area (Å²) in [6, 6.07) is 7.48. The molecule has 0 fully saturated rings. The Morgan fingerprint density at radius 3 is 2.68 bits per heavy atom. The van der Waals surface area contributed by atoms with Crippen molar-refractivity contribution in [3.63, 3.8) is 0 Å². The highest BCUT2D eigenvalue weighted by atomic mass is 35.5. The molecule has 0 heterocycles. The Morgan fingerprint density at radius 1 is 1.37 bits per heavy atom. The summed E-state index contributed by atoms with van der Waals surface area (Å²) in [6.07, 6.45) is 3.32. The van der Waals surface area contributed by atoms with E-state index in [0.29, 0.717) is 24.5 Å². The van der Waals surface area contributed by atoms with Crippen molar-refractivity contribution >= 4 is 17.5 Å². The average molecular weight is 284 g/mol. The van der Waals surface area contributed by atoms with Gasteiger partial charge in [0.2, 0.25) is 5.91 Å². The van der Waals surface area contributed by atoms with Crippen molar-refractivity contribution < 1.29 is 9.53 Å². The number of carbonyl (C=O) groups is 1. The van der Waals surface area contributed by atoms with Crippen LogP contribution in [0, 0.1) is 0 Å². The molecule has 1 aromatic rings. The van der Waals surface area contributed by atoms with Crippen molar-refractivity contribution in [1.82, 2.24) is 5.32 Å². The van der Waals surface area contributed by atoms with Gasteiger partial charge in [-0.1, -0.05) is 24.9 Å². The summed E-state index contributed by atoms with van der Waals surface area (Å²) in [6.45, 7) is 4.69. The standard InChI is InChI=1S/C15H22ClNO2/c1-3-5-12(2)17-15(18)6-4-11-19-14-9-7-13(16)8-10-14/h7-10,12H,3-6,11H2,1-2H3,(H,17,18)/t12-/m1/s1. The monoisotopic (exact) mass is 283 g/mol.